The molecule has 6 nitrogen and oxygen atoms in total. The van der Waals surface area contributed by atoms with Gasteiger partial charge in [-0.1, -0.05) is 11.6 Å². The average Bonchev–Trinajstić information content (AvgIpc) is 2.58. The number of aliphatic hydroxyl groups is 1. The Morgan fingerprint density at radius 3 is 2.64 bits per heavy atom. The van der Waals surface area contributed by atoms with Crippen LogP contribution in [0.2, 0.25) is 5.02 Å². The van der Waals surface area contributed by atoms with Gasteiger partial charge in [0.1, 0.15) is 12.4 Å². The van der Waals surface area contributed by atoms with Gasteiger partial charge in [-0.2, -0.15) is 5.26 Å². The van der Waals surface area contributed by atoms with E-state index in [1.54, 1.807) is 30.3 Å². The van der Waals surface area contributed by atoms with E-state index in [0.29, 0.717) is 25.6 Å². The lowest BCUT2D eigenvalue weighted by Gasteiger charge is -2.24. The third-order valence-electron chi connectivity index (χ3n) is 3.25. The number of aliphatic hydroxyl groups excluding tert-OH is 1. The number of carbonyl (C=O) groups excluding carboxylic acids is 1. The molecule has 0 amide bonds. The molecular weight excluding hydrogens is 459 g/mol. The minimum atomic E-state index is -1.36. The standard InChI is InChI=1S/C17H14ClIN2O4/c18-11-7-13(16(14(19)8-11)25-6-5-22)15(17(23)24)21-12-3-1-10(9-20)2-4-12/h1-4,7-8,15,21-22H,5-6H2,(H,23,24)/p-1. The fourth-order valence-corrected chi connectivity index (χ4v) is 3.38. The van der Waals surface area contributed by atoms with Crippen LogP contribution in [0.15, 0.2) is 36.4 Å². The maximum Gasteiger partial charge on any atom is 0.138 e. The van der Waals surface area contributed by atoms with Crippen molar-refractivity contribution in [2.75, 3.05) is 18.5 Å². The van der Waals surface area contributed by atoms with Gasteiger partial charge >= 0.3 is 0 Å². The Kier molecular flexibility index (Phi) is 6.87. The van der Waals surface area contributed by atoms with Gasteiger partial charge in [0.15, 0.2) is 0 Å². The number of halogens is 2. The smallest absolute Gasteiger partial charge is 0.138 e. The van der Waals surface area contributed by atoms with Crippen molar-refractivity contribution in [2.45, 2.75) is 6.04 Å². The summed E-state index contributed by atoms with van der Waals surface area (Å²) in [4.78, 5) is 11.7. The topological polar surface area (TPSA) is 105 Å². The van der Waals surface area contributed by atoms with E-state index in [1.807, 2.05) is 28.7 Å². The van der Waals surface area contributed by atoms with Crippen molar-refractivity contribution in [1.29, 1.82) is 5.26 Å². The predicted molar refractivity (Wildman–Crippen MR) is 99.3 cm³/mol. The van der Waals surface area contributed by atoms with E-state index in [1.165, 1.54) is 6.07 Å². The van der Waals surface area contributed by atoms with Crippen molar-refractivity contribution in [2.24, 2.45) is 0 Å². The molecule has 1 unspecified atom stereocenters. The number of nitrogens with one attached hydrogen (secondary N) is 1. The maximum atomic E-state index is 11.7. The van der Waals surface area contributed by atoms with Crippen molar-refractivity contribution in [1.82, 2.24) is 0 Å². The molecule has 0 saturated carbocycles. The molecule has 2 aromatic carbocycles. The lowest BCUT2D eigenvalue weighted by molar-refractivity contribution is -0.307. The van der Waals surface area contributed by atoms with E-state index in [2.05, 4.69) is 5.32 Å². The van der Waals surface area contributed by atoms with Crippen LogP contribution in [-0.2, 0) is 4.79 Å². The molecule has 0 aliphatic rings. The van der Waals surface area contributed by atoms with Crippen molar-refractivity contribution in [3.63, 3.8) is 0 Å². The van der Waals surface area contributed by atoms with Gasteiger partial charge in [-0.05, 0) is 59.0 Å². The Hall–Kier alpha value is -2.02. The molecule has 0 radical (unpaired) electrons. The number of carboxylic acids is 1. The highest BCUT2D eigenvalue weighted by molar-refractivity contribution is 14.1. The van der Waals surface area contributed by atoms with Crippen molar-refractivity contribution in [3.8, 4) is 11.8 Å². The second-order valence-electron chi connectivity index (χ2n) is 4.96. The highest BCUT2D eigenvalue weighted by atomic mass is 127. The van der Waals surface area contributed by atoms with Gasteiger partial charge in [0, 0.05) is 16.3 Å². The van der Waals surface area contributed by atoms with Crippen LogP contribution in [-0.4, -0.2) is 24.3 Å². The van der Waals surface area contributed by atoms with Crippen molar-refractivity contribution < 1.29 is 19.7 Å². The van der Waals surface area contributed by atoms with Crippen molar-refractivity contribution in [3.05, 3.63) is 56.1 Å². The SMILES string of the molecule is N#Cc1ccc(NC(C(=O)[O-])c2cc(Cl)cc(I)c2OCCO)cc1. The monoisotopic (exact) mass is 471 g/mol. The number of rotatable bonds is 7. The molecule has 0 saturated heterocycles. The Balaban J connectivity index is 2.42. The molecule has 2 rings (SSSR count). The third kappa shape index (κ3) is 4.98. The van der Waals surface area contributed by atoms with Crippen LogP contribution in [0, 0.1) is 14.9 Å². The number of nitrogens with zero attached hydrogens (tertiary/aromatic N) is 1. The highest BCUT2D eigenvalue weighted by Crippen LogP contribution is 2.35. The van der Waals surface area contributed by atoms with Crippen molar-refractivity contribution >= 4 is 45.8 Å². The van der Waals surface area contributed by atoms with Gasteiger partial charge in [-0.15, -0.1) is 0 Å². The van der Waals surface area contributed by atoms with Crippen LogP contribution in [0.5, 0.6) is 5.75 Å². The molecule has 2 aromatic rings. The fourth-order valence-electron chi connectivity index (χ4n) is 2.17. The zero-order valence-corrected chi connectivity index (χ0v) is 15.7. The predicted octanol–water partition coefficient (Wildman–Crippen LogP) is 2.09. The minimum absolute atomic E-state index is 0.0151. The van der Waals surface area contributed by atoms with Gasteiger partial charge in [0.2, 0.25) is 0 Å². The number of carbonyl (C=O) groups is 1. The molecule has 1 atom stereocenters. The van der Waals surface area contributed by atoms with Gasteiger partial charge < -0.3 is 25.1 Å². The molecule has 25 heavy (non-hydrogen) atoms. The third-order valence-corrected chi connectivity index (χ3v) is 4.27. The second kappa shape index (κ2) is 8.89. The van der Waals surface area contributed by atoms with E-state index in [-0.39, 0.29) is 18.8 Å². The van der Waals surface area contributed by atoms with Crippen LogP contribution in [0.3, 0.4) is 0 Å². The zero-order chi connectivity index (χ0) is 18.4. The van der Waals surface area contributed by atoms with Gasteiger partial charge in [0.05, 0.1) is 33.8 Å². The molecule has 0 fully saturated rings. The molecule has 8 heteroatoms. The largest absolute Gasteiger partial charge is 0.548 e. The van der Waals surface area contributed by atoms with Gasteiger partial charge in [-0.25, -0.2) is 0 Å². The first-order valence-electron chi connectivity index (χ1n) is 7.16. The zero-order valence-electron chi connectivity index (χ0n) is 12.8. The van der Waals surface area contributed by atoms with Crippen LogP contribution in [0.4, 0.5) is 5.69 Å². The summed E-state index contributed by atoms with van der Waals surface area (Å²) in [6.07, 6.45) is 0. The molecular formula is C17H13ClIN2O4-. The van der Waals surface area contributed by atoms with E-state index >= 15 is 0 Å². The quantitative estimate of drug-likeness (QED) is 0.599. The first-order chi connectivity index (χ1) is 12.0. The number of carboxylic acid groups (broad SMARTS) is 1. The summed E-state index contributed by atoms with van der Waals surface area (Å²) >= 11 is 8.04. The first-order valence-corrected chi connectivity index (χ1v) is 8.62. The summed E-state index contributed by atoms with van der Waals surface area (Å²) in [6.45, 7) is -0.196. The molecule has 0 spiro atoms. The molecule has 0 heterocycles. The first kappa shape index (κ1) is 19.3. The summed E-state index contributed by atoms with van der Waals surface area (Å²) < 4.78 is 6.10. The van der Waals surface area contributed by atoms with E-state index in [9.17, 15) is 9.90 Å². The Labute approximate surface area is 163 Å². The molecule has 2 N–H and O–H groups in total. The number of aliphatic carboxylic acids is 1. The number of hydrogen-bond acceptors (Lipinski definition) is 6. The number of anilines is 1. The molecule has 0 aliphatic heterocycles. The lowest BCUT2D eigenvalue weighted by Crippen LogP contribution is -2.34. The Morgan fingerprint density at radius 1 is 1.40 bits per heavy atom. The summed E-state index contributed by atoms with van der Waals surface area (Å²) in [7, 11) is 0. The summed E-state index contributed by atoms with van der Waals surface area (Å²) in [5.41, 5.74) is 1.24. The number of benzene rings is 2. The van der Waals surface area contributed by atoms with E-state index in [4.69, 9.17) is 26.7 Å². The van der Waals surface area contributed by atoms with Crippen LogP contribution in [0.1, 0.15) is 17.2 Å². The lowest BCUT2D eigenvalue weighted by atomic mass is 10.0. The van der Waals surface area contributed by atoms with E-state index < -0.39 is 12.0 Å². The molecule has 0 aromatic heterocycles. The van der Waals surface area contributed by atoms with Crippen LogP contribution < -0.4 is 15.2 Å². The summed E-state index contributed by atoms with van der Waals surface area (Å²) in [6, 6.07) is 10.2. The molecule has 0 bridgehead atoms. The fraction of sp³-hybridized carbons (Fsp3) is 0.176. The number of nitriles is 1. The number of hydrogen-bond donors (Lipinski definition) is 2. The highest BCUT2D eigenvalue weighted by Gasteiger charge is 2.21. The van der Waals surface area contributed by atoms with Gasteiger partial charge in [-0.3, -0.25) is 0 Å². The molecule has 0 aliphatic carbocycles. The number of ether oxygens (including phenoxy) is 1. The molecule has 130 valence electrons. The normalized spacial score (nSPS) is 11.4. The summed E-state index contributed by atoms with van der Waals surface area (Å²) in [5, 5.41) is 32.7. The minimum Gasteiger partial charge on any atom is -0.548 e. The summed E-state index contributed by atoms with van der Waals surface area (Å²) in [5.74, 6) is -1.05. The maximum absolute atomic E-state index is 11.7. The average molecular weight is 472 g/mol. The second-order valence-corrected chi connectivity index (χ2v) is 6.56. The van der Waals surface area contributed by atoms with E-state index in [0.717, 1.165) is 0 Å². The van der Waals surface area contributed by atoms with Crippen LogP contribution >= 0.6 is 34.2 Å². The van der Waals surface area contributed by atoms with Crippen LogP contribution in [0.25, 0.3) is 0 Å². The Bertz CT molecular complexity index is 806. The Morgan fingerprint density at radius 2 is 2.08 bits per heavy atom. The van der Waals surface area contributed by atoms with Gasteiger partial charge in [0.25, 0.3) is 0 Å².